The van der Waals surface area contributed by atoms with E-state index in [1.807, 2.05) is 72.8 Å². The second kappa shape index (κ2) is 6.69. The summed E-state index contributed by atoms with van der Waals surface area (Å²) in [5, 5.41) is 0. The van der Waals surface area contributed by atoms with E-state index in [1.165, 1.54) is 0 Å². The Hall–Kier alpha value is -3.27. The van der Waals surface area contributed by atoms with E-state index in [0.717, 1.165) is 28.0 Å². The number of ether oxygens (including phenoxy) is 2. The average molecular weight is 330 g/mol. The van der Waals surface area contributed by atoms with Gasteiger partial charge in [0.05, 0.1) is 18.1 Å². The Bertz CT molecular complexity index is 960. The van der Waals surface area contributed by atoms with Gasteiger partial charge in [-0.1, -0.05) is 42.5 Å². The molecule has 0 atom stereocenters. The summed E-state index contributed by atoms with van der Waals surface area (Å²) in [4.78, 5) is 7.96. The zero-order chi connectivity index (χ0) is 17.1. The number of aromatic amines is 1. The van der Waals surface area contributed by atoms with Gasteiger partial charge in [-0.2, -0.15) is 0 Å². The van der Waals surface area contributed by atoms with Gasteiger partial charge in [0.15, 0.2) is 11.5 Å². The van der Waals surface area contributed by atoms with Gasteiger partial charge in [0.25, 0.3) is 0 Å². The minimum atomic E-state index is 0.501. The fourth-order valence-corrected chi connectivity index (χ4v) is 2.76. The Morgan fingerprint density at radius 1 is 0.880 bits per heavy atom. The standard InChI is InChI=1S/C21H18N2O2/c1-24-20-13-16(21-22-17-9-5-6-10-18(17)23-21)11-12-19(20)25-14-15-7-3-2-4-8-15/h2-13H,14H2,1H3,(H,22,23). The van der Waals surface area contributed by atoms with Crippen LogP contribution in [0.15, 0.2) is 72.8 Å². The van der Waals surface area contributed by atoms with E-state index in [2.05, 4.69) is 9.97 Å². The quantitative estimate of drug-likeness (QED) is 0.571. The molecule has 0 unspecified atom stereocenters. The van der Waals surface area contributed by atoms with Crippen molar-refractivity contribution >= 4 is 11.0 Å². The molecule has 0 saturated heterocycles. The van der Waals surface area contributed by atoms with Gasteiger partial charge in [-0.3, -0.25) is 0 Å². The van der Waals surface area contributed by atoms with Gasteiger partial charge in [0.2, 0.25) is 0 Å². The summed E-state index contributed by atoms with van der Waals surface area (Å²) in [6.07, 6.45) is 0. The molecule has 0 spiro atoms. The fourth-order valence-electron chi connectivity index (χ4n) is 2.76. The highest BCUT2D eigenvalue weighted by molar-refractivity contribution is 5.79. The molecule has 0 bridgehead atoms. The van der Waals surface area contributed by atoms with E-state index < -0.39 is 0 Å². The number of nitrogens with zero attached hydrogens (tertiary/aromatic N) is 1. The molecule has 4 rings (SSSR count). The first kappa shape index (κ1) is 15.3. The highest BCUT2D eigenvalue weighted by Crippen LogP contribution is 2.32. The van der Waals surface area contributed by atoms with E-state index in [4.69, 9.17) is 9.47 Å². The molecule has 4 aromatic rings. The van der Waals surface area contributed by atoms with Crippen molar-refractivity contribution in [3.8, 4) is 22.9 Å². The third-order valence-electron chi connectivity index (χ3n) is 4.06. The second-order valence-electron chi connectivity index (χ2n) is 5.74. The lowest BCUT2D eigenvalue weighted by Crippen LogP contribution is -1.97. The summed E-state index contributed by atoms with van der Waals surface area (Å²) >= 11 is 0. The van der Waals surface area contributed by atoms with Crippen molar-refractivity contribution in [3.63, 3.8) is 0 Å². The van der Waals surface area contributed by atoms with Crippen LogP contribution in [0.5, 0.6) is 11.5 Å². The van der Waals surface area contributed by atoms with Crippen LogP contribution in [0, 0.1) is 0 Å². The number of benzene rings is 3. The number of rotatable bonds is 5. The fraction of sp³-hybridized carbons (Fsp3) is 0.0952. The summed E-state index contributed by atoms with van der Waals surface area (Å²) in [6.45, 7) is 0.501. The lowest BCUT2D eigenvalue weighted by molar-refractivity contribution is 0.284. The van der Waals surface area contributed by atoms with E-state index in [0.29, 0.717) is 18.1 Å². The summed E-state index contributed by atoms with van der Waals surface area (Å²) in [5.74, 6) is 2.22. The minimum Gasteiger partial charge on any atom is -0.493 e. The second-order valence-corrected chi connectivity index (χ2v) is 5.74. The van der Waals surface area contributed by atoms with E-state index in [-0.39, 0.29) is 0 Å². The van der Waals surface area contributed by atoms with Gasteiger partial charge in [-0.05, 0) is 35.9 Å². The highest BCUT2D eigenvalue weighted by atomic mass is 16.5. The van der Waals surface area contributed by atoms with Gasteiger partial charge in [0.1, 0.15) is 12.4 Å². The molecule has 0 aliphatic rings. The Labute approximate surface area is 146 Å². The predicted octanol–water partition coefficient (Wildman–Crippen LogP) is 4.82. The zero-order valence-electron chi connectivity index (χ0n) is 13.9. The van der Waals surface area contributed by atoms with Crippen molar-refractivity contribution in [2.75, 3.05) is 7.11 Å². The molecular weight excluding hydrogens is 312 g/mol. The summed E-state index contributed by atoms with van der Waals surface area (Å²) in [7, 11) is 1.65. The maximum absolute atomic E-state index is 5.91. The van der Waals surface area contributed by atoms with Crippen molar-refractivity contribution in [3.05, 3.63) is 78.4 Å². The first-order chi connectivity index (χ1) is 12.3. The van der Waals surface area contributed by atoms with Gasteiger partial charge in [-0.25, -0.2) is 4.98 Å². The molecule has 0 radical (unpaired) electrons. The minimum absolute atomic E-state index is 0.501. The molecule has 0 saturated carbocycles. The molecule has 0 amide bonds. The van der Waals surface area contributed by atoms with Crippen molar-refractivity contribution < 1.29 is 9.47 Å². The monoisotopic (exact) mass is 330 g/mol. The normalized spacial score (nSPS) is 10.8. The number of imidazole rings is 1. The first-order valence-electron chi connectivity index (χ1n) is 8.13. The number of hydrogen-bond donors (Lipinski definition) is 1. The summed E-state index contributed by atoms with van der Waals surface area (Å²) in [5.41, 5.74) is 4.03. The van der Waals surface area contributed by atoms with Crippen LogP contribution in [-0.2, 0) is 6.61 Å². The summed E-state index contributed by atoms with van der Waals surface area (Å²) < 4.78 is 11.4. The number of H-pyrrole nitrogens is 1. The number of para-hydroxylation sites is 2. The number of fused-ring (bicyclic) bond motifs is 1. The molecule has 4 heteroatoms. The van der Waals surface area contributed by atoms with Gasteiger partial charge < -0.3 is 14.5 Å². The topological polar surface area (TPSA) is 47.1 Å². The number of nitrogens with one attached hydrogen (secondary N) is 1. The van der Waals surface area contributed by atoms with E-state index in [9.17, 15) is 0 Å². The lowest BCUT2D eigenvalue weighted by Gasteiger charge is -2.11. The van der Waals surface area contributed by atoms with Crippen LogP contribution in [0.25, 0.3) is 22.4 Å². The molecule has 1 N–H and O–H groups in total. The third kappa shape index (κ3) is 3.19. The van der Waals surface area contributed by atoms with Crippen LogP contribution in [-0.4, -0.2) is 17.1 Å². The van der Waals surface area contributed by atoms with Crippen molar-refractivity contribution in [2.24, 2.45) is 0 Å². The Morgan fingerprint density at radius 3 is 2.48 bits per heavy atom. The van der Waals surface area contributed by atoms with E-state index >= 15 is 0 Å². The molecule has 0 aliphatic carbocycles. The van der Waals surface area contributed by atoms with E-state index in [1.54, 1.807) is 7.11 Å². The molecule has 0 fully saturated rings. The number of aromatic nitrogens is 2. The van der Waals surface area contributed by atoms with Crippen LogP contribution in [0.3, 0.4) is 0 Å². The zero-order valence-corrected chi connectivity index (χ0v) is 13.9. The van der Waals surface area contributed by atoms with Crippen molar-refractivity contribution in [1.82, 2.24) is 9.97 Å². The molecule has 0 aliphatic heterocycles. The summed E-state index contributed by atoms with van der Waals surface area (Å²) in [6, 6.07) is 23.9. The molecule has 1 heterocycles. The van der Waals surface area contributed by atoms with Gasteiger partial charge >= 0.3 is 0 Å². The van der Waals surface area contributed by atoms with Crippen molar-refractivity contribution in [1.29, 1.82) is 0 Å². The largest absolute Gasteiger partial charge is 0.493 e. The smallest absolute Gasteiger partial charge is 0.161 e. The Balaban J connectivity index is 1.60. The Morgan fingerprint density at radius 2 is 1.68 bits per heavy atom. The maximum atomic E-state index is 5.91. The van der Waals surface area contributed by atoms with Gasteiger partial charge in [0, 0.05) is 5.56 Å². The molecule has 4 nitrogen and oxygen atoms in total. The Kier molecular flexibility index (Phi) is 4.09. The number of methoxy groups -OCH3 is 1. The highest BCUT2D eigenvalue weighted by Gasteiger charge is 2.10. The van der Waals surface area contributed by atoms with Gasteiger partial charge in [-0.15, -0.1) is 0 Å². The third-order valence-corrected chi connectivity index (χ3v) is 4.06. The number of hydrogen-bond acceptors (Lipinski definition) is 3. The maximum Gasteiger partial charge on any atom is 0.161 e. The van der Waals surface area contributed by atoms with Crippen molar-refractivity contribution in [2.45, 2.75) is 6.61 Å². The van der Waals surface area contributed by atoms with Crippen LogP contribution in [0.4, 0.5) is 0 Å². The molecule has 1 aromatic heterocycles. The van der Waals surface area contributed by atoms with Crippen LogP contribution in [0.1, 0.15) is 5.56 Å². The molecule has 124 valence electrons. The van der Waals surface area contributed by atoms with Crippen LogP contribution in [0.2, 0.25) is 0 Å². The first-order valence-corrected chi connectivity index (χ1v) is 8.13. The lowest BCUT2D eigenvalue weighted by atomic mass is 10.2. The predicted molar refractivity (Wildman–Crippen MR) is 98.9 cm³/mol. The SMILES string of the molecule is COc1cc(-c2nc3ccccc3[nH]2)ccc1OCc1ccccc1. The average Bonchev–Trinajstić information content (AvgIpc) is 3.11. The molecular formula is C21H18N2O2. The molecule has 25 heavy (non-hydrogen) atoms. The van der Waals surface area contributed by atoms with Crippen LogP contribution >= 0.6 is 0 Å². The molecule has 3 aromatic carbocycles. The van der Waals surface area contributed by atoms with Crippen LogP contribution < -0.4 is 9.47 Å².